The molecule has 21 heavy (non-hydrogen) atoms. The Morgan fingerprint density at radius 3 is 2.71 bits per heavy atom. The molecule has 2 heterocycles. The summed E-state index contributed by atoms with van der Waals surface area (Å²) in [7, 11) is 0. The molecule has 2 aliphatic rings. The van der Waals surface area contributed by atoms with E-state index in [1.54, 1.807) is 11.3 Å². The number of thiazole rings is 1. The van der Waals surface area contributed by atoms with E-state index in [-0.39, 0.29) is 18.0 Å². The van der Waals surface area contributed by atoms with E-state index in [9.17, 15) is 4.79 Å². The van der Waals surface area contributed by atoms with Crippen molar-refractivity contribution in [3.63, 3.8) is 0 Å². The van der Waals surface area contributed by atoms with Crippen LogP contribution in [0.15, 0.2) is 0 Å². The van der Waals surface area contributed by atoms with Crippen molar-refractivity contribution in [2.75, 3.05) is 6.54 Å². The highest BCUT2D eigenvalue weighted by Crippen LogP contribution is 2.37. The largest absolute Gasteiger partial charge is 0.335 e. The molecule has 1 aromatic rings. The smallest absolute Gasteiger partial charge is 0.266 e. The molecule has 2 N–H and O–H groups in total. The molecule has 0 radical (unpaired) electrons. The lowest BCUT2D eigenvalue weighted by atomic mass is 9.99. The van der Waals surface area contributed by atoms with Crippen LogP contribution in [-0.4, -0.2) is 34.4 Å². The van der Waals surface area contributed by atoms with E-state index in [2.05, 4.69) is 6.92 Å². The number of carbonyl (C=O) groups is 1. The standard InChI is InChI=1S/C16H25N3OS/c1-10-9-13(17)7-8-19(10)16(20)14-11(2)18-15(21-14)12-5-3-4-6-12/h10,12-13H,3-9,17H2,1-2H3/t10-,13-/m0/s1. The van der Waals surface area contributed by atoms with E-state index in [1.807, 2.05) is 11.8 Å². The summed E-state index contributed by atoms with van der Waals surface area (Å²) < 4.78 is 0. The number of likely N-dealkylation sites (tertiary alicyclic amines) is 1. The molecule has 0 aromatic carbocycles. The van der Waals surface area contributed by atoms with Crippen LogP contribution in [0.3, 0.4) is 0 Å². The maximum atomic E-state index is 12.8. The second-order valence-corrected chi connectivity index (χ2v) is 7.61. The first-order chi connectivity index (χ1) is 10.1. The number of nitrogens with zero attached hydrogens (tertiary/aromatic N) is 2. The minimum absolute atomic E-state index is 0.161. The fraction of sp³-hybridized carbons (Fsp3) is 0.750. The molecule has 5 heteroatoms. The Labute approximate surface area is 130 Å². The fourth-order valence-electron chi connectivity index (χ4n) is 3.60. The van der Waals surface area contributed by atoms with Crippen LogP contribution in [-0.2, 0) is 0 Å². The first-order valence-corrected chi connectivity index (χ1v) is 8.91. The van der Waals surface area contributed by atoms with E-state index in [4.69, 9.17) is 10.7 Å². The van der Waals surface area contributed by atoms with Gasteiger partial charge in [0.25, 0.3) is 5.91 Å². The zero-order valence-corrected chi connectivity index (χ0v) is 13.8. The van der Waals surface area contributed by atoms with Crippen molar-refractivity contribution in [3.8, 4) is 0 Å². The van der Waals surface area contributed by atoms with Crippen molar-refractivity contribution in [2.45, 2.75) is 70.4 Å². The molecule has 2 fully saturated rings. The van der Waals surface area contributed by atoms with Gasteiger partial charge in [-0.3, -0.25) is 4.79 Å². The number of rotatable bonds is 2. The summed E-state index contributed by atoms with van der Waals surface area (Å²) in [5.41, 5.74) is 6.91. The number of nitrogens with two attached hydrogens (primary N) is 1. The summed E-state index contributed by atoms with van der Waals surface area (Å²) in [4.78, 5) is 20.4. The van der Waals surface area contributed by atoms with Crippen molar-refractivity contribution < 1.29 is 4.79 Å². The highest BCUT2D eigenvalue weighted by molar-refractivity contribution is 7.13. The van der Waals surface area contributed by atoms with Crippen molar-refractivity contribution in [2.24, 2.45) is 5.73 Å². The molecular formula is C16H25N3OS. The normalized spacial score (nSPS) is 27.3. The molecule has 1 aliphatic carbocycles. The lowest BCUT2D eigenvalue weighted by molar-refractivity contribution is 0.0623. The van der Waals surface area contributed by atoms with Gasteiger partial charge in [-0.05, 0) is 39.5 Å². The van der Waals surface area contributed by atoms with Gasteiger partial charge in [-0.25, -0.2) is 4.98 Å². The third kappa shape index (κ3) is 2.99. The Balaban J connectivity index is 1.78. The van der Waals surface area contributed by atoms with Crippen LogP contribution >= 0.6 is 11.3 Å². The van der Waals surface area contributed by atoms with Gasteiger partial charge < -0.3 is 10.6 Å². The topological polar surface area (TPSA) is 59.2 Å². The molecule has 0 unspecified atom stereocenters. The Morgan fingerprint density at radius 2 is 2.05 bits per heavy atom. The van der Waals surface area contributed by atoms with E-state index in [0.29, 0.717) is 5.92 Å². The predicted octanol–water partition coefficient (Wildman–Crippen LogP) is 3.06. The lowest BCUT2D eigenvalue weighted by Gasteiger charge is -2.36. The monoisotopic (exact) mass is 307 g/mol. The molecule has 3 rings (SSSR count). The Morgan fingerprint density at radius 1 is 1.33 bits per heavy atom. The van der Waals surface area contributed by atoms with Crippen molar-refractivity contribution >= 4 is 17.2 Å². The van der Waals surface area contributed by atoms with Crippen LogP contribution < -0.4 is 5.73 Å². The highest BCUT2D eigenvalue weighted by Gasteiger charge is 2.31. The summed E-state index contributed by atoms with van der Waals surface area (Å²) in [5.74, 6) is 0.746. The molecule has 0 spiro atoms. The fourth-order valence-corrected chi connectivity index (χ4v) is 4.80. The van der Waals surface area contributed by atoms with Gasteiger partial charge in [-0.2, -0.15) is 0 Å². The van der Waals surface area contributed by atoms with Gasteiger partial charge in [0, 0.05) is 24.5 Å². The minimum Gasteiger partial charge on any atom is -0.335 e. The molecule has 1 aromatic heterocycles. The number of carbonyl (C=O) groups excluding carboxylic acids is 1. The zero-order valence-electron chi connectivity index (χ0n) is 13.0. The van der Waals surface area contributed by atoms with Crippen LogP contribution in [0.4, 0.5) is 0 Å². The van der Waals surface area contributed by atoms with E-state index in [1.165, 1.54) is 30.7 Å². The highest BCUT2D eigenvalue weighted by atomic mass is 32.1. The molecule has 2 atom stereocenters. The second-order valence-electron chi connectivity index (χ2n) is 6.58. The number of aryl methyl sites for hydroxylation is 1. The first-order valence-electron chi connectivity index (χ1n) is 8.10. The molecule has 1 aliphatic heterocycles. The van der Waals surface area contributed by atoms with Crippen molar-refractivity contribution in [1.82, 2.24) is 9.88 Å². The molecule has 116 valence electrons. The van der Waals surface area contributed by atoms with E-state index >= 15 is 0 Å². The van der Waals surface area contributed by atoms with Crippen LogP contribution in [0.2, 0.25) is 0 Å². The summed E-state index contributed by atoms with van der Waals surface area (Å²) in [6, 6.07) is 0.471. The number of aromatic nitrogens is 1. The molecule has 0 bridgehead atoms. The summed E-state index contributed by atoms with van der Waals surface area (Å²) >= 11 is 1.63. The van der Waals surface area contributed by atoms with Crippen LogP contribution in [0.1, 0.15) is 71.7 Å². The van der Waals surface area contributed by atoms with E-state index in [0.717, 1.165) is 30.0 Å². The first kappa shape index (κ1) is 15.0. The number of piperidine rings is 1. The van der Waals surface area contributed by atoms with Gasteiger partial charge in [0.05, 0.1) is 10.7 Å². The number of hydrogen-bond donors (Lipinski definition) is 1. The Kier molecular flexibility index (Phi) is 4.31. The van der Waals surface area contributed by atoms with Gasteiger partial charge >= 0.3 is 0 Å². The van der Waals surface area contributed by atoms with Gasteiger partial charge in [0.2, 0.25) is 0 Å². The summed E-state index contributed by atoms with van der Waals surface area (Å²) in [5, 5.41) is 1.18. The summed E-state index contributed by atoms with van der Waals surface area (Å²) in [6.45, 7) is 4.85. The van der Waals surface area contributed by atoms with Crippen LogP contribution in [0.25, 0.3) is 0 Å². The number of hydrogen-bond acceptors (Lipinski definition) is 4. The van der Waals surface area contributed by atoms with Crippen molar-refractivity contribution in [3.05, 3.63) is 15.6 Å². The second kappa shape index (κ2) is 6.05. The number of amides is 1. The van der Waals surface area contributed by atoms with Gasteiger partial charge in [-0.15, -0.1) is 11.3 Å². The van der Waals surface area contributed by atoms with Crippen molar-refractivity contribution in [1.29, 1.82) is 0 Å². The minimum atomic E-state index is 0.161. The lowest BCUT2D eigenvalue weighted by Crippen LogP contribution is -2.48. The van der Waals surface area contributed by atoms with Crippen LogP contribution in [0.5, 0.6) is 0 Å². The van der Waals surface area contributed by atoms with E-state index < -0.39 is 0 Å². The van der Waals surface area contributed by atoms with Gasteiger partial charge in [0.15, 0.2) is 0 Å². The predicted molar refractivity (Wildman–Crippen MR) is 85.8 cm³/mol. The maximum Gasteiger partial charge on any atom is 0.266 e. The van der Waals surface area contributed by atoms with Gasteiger partial charge in [-0.1, -0.05) is 12.8 Å². The SMILES string of the molecule is Cc1nc(C2CCCC2)sc1C(=O)N1CC[C@H](N)C[C@@H]1C. The molecule has 1 amide bonds. The van der Waals surface area contributed by atoms with Gasteiger partial charge in [0.1, 0.15) is 4.88 Å². The van der Waals surface area contributed by atoms with Crippen LogP contribution in [0, 0.1) is 6.92 Å². The Bertz CT molecular complexity index is 522. The average Bonchev–Trinajstić information content (AvgIpc) is 3.07. The molecule has 4 nitrogen and oxygen atoms in total. The third-order valence-electron chi connectivity index (χ3n) is 4.89. The zero-order chi connectivity index (χ0) is 15.0. The third-order valence-corrected chi connectivity index (χ3v) is 6.20. The molecular weight excluding hydrogens is 282 g/mol. The molecule has 1 saturated heterocycles. The quantitative estimate of drug-likeness (QED) is 0.913. The Hall–Kier alpha value is -0.940. The average molecular weight is 307 g/mol. The summed E-state index contributed by atoms with van der Waals surface area (Å²) in [6.07, 6.45) is 6.87. The molecule has 1 saturated carbocycles. The maximum absolute atomic E-state index is 12.8.